The van der Waals surface area contributed by atoms with Crippen LogP contribution in [0.25, 0.3) is 0 Å². The molecule has 0 amide bonds. The Kier molecular flexibility index (Phi) is 1.66. The minimum Gasteiger partial charge on any atom is -0.487 e. The lowest BCUT2D eigenvalue weighted by atomic mass is 10.3. The van der Waals surface area contributed by atoms with Crippen molar-refractivity contribution in [3.05, 3.63) is 18.3 Å². The lowest BCUT2D eigenvalue weighted by molar-refractivity contribution is -0.109. The maximum absolute atomic E-state index is 10.4. The third kappa shape index (κ3) is 1.11. The zero-order valence-electron chi connectivity index (χ0n) is 6.36. The van der Waals surface area contributed by atoms with Crippen LogP contribution in [0, 0.1) is 0 Å². The Morgan fingerprint density at radius 3 is 3.50 bits per heavy atom. The van der Waals surface area contributed by atoms with E-state index >= 15 is 0 Å². The molecular weight excluding hydrogens is 156 g/mol. The van der Waals surface area contributed by atoms with Gasteiger partial charge in [-0.2, -0.15) is 0 Å². The van der Waals surface area contributed by atoms with Crippen LogP contribution >= 0.6 is 0 Å². The first kappa shape index (κ1) is 7.09. The molecule has 2 heterocycles. The first-order valence-corrected chi connectivity index (χ1v) is 3.70. The number of hydrogen-bond donors (Lipinski definition) is 1. The largest absolute Gasteiger partial charge is 0.487 e. The van der Waals surface area contributed by atoms with Crippen molar-refractivity contribution in [1.82, 2.24) is 4.98 Å². The lowest BCUT2D eigenvalue weighted by Crippen LogP contribution is -2.32. The predicted octanol–water partition coefficient (Wildman–Crippen LogP) is 0.453. The van der Waals surface area contributed by atoms with Gasteiger partial charge in [0.2, 0.25) is 0 Å². The summed E-state index contributed by atoms with van der Waals surface area (Å²) >= 11 is 0. The van der Waals surface area contributed by atoms with Crippen molar-refractivity contribution in [2.24, 2.45) is 0 Å². The topological polar surface area (TPSA) is 51.2 Å². The third-order valence-electron chi connectivity index (χ3n) is 1.68. The summed E-state index contributed by atoms with van der Waals surface area (Å²) in [5, 5.41) is 2.94. The fourth-order valence-electron chi connectivity index (χ4n) is 1.09. The summed E-state index contributed by atoms with van der Waals surface area (Å²) in [4.78, 5) is 14.4. The van der Waals surface area contributed by atoms with Crippen LogP contribution in [-0.4, -0.2) is 23.9 Å². The van der Waals surface area contributed by atoms with Gasteiger partial charge in [-0.15, -0.1) is 0 Å². The van der Waals surface area contributed by atoms with E-state index in [1.165, 1.54) is 0 Å². The Morgan fingerprint density at radius 2 is 2.67 bits per heavy atom. The van der Waals surface area contributed by atoms with Crippen LogP contribution in [0.1, 0.15) is 0 Å². The molecular formula is C8H8N2O2. The third-order valence-corrected chi connectivity index (χ3v) is 1.68. The molecule has 0 radical (unpaired) electrons. The molecule has 0 bridgehead atoms. The number of carbonyl (C=O) groups is 1. The monoisotopic (exact) mass is 164 g/mol. The van der Waals surface area contributed by atoms with E-state index in [-0.39, 0.29) is 6.04 Å². The van der Waals surface area contributed by atoms with Crippen LogP contribution in [0.3, 0.4) is 0 Å². The number of nitrogens with one attached hydrogen (secondary N) is 1. The molecule has 1 aromatic heterocycles. The summed E-state index contributed by atoms with van der Waals surface area (Å²) in [7, 11) is 0. The number of ether oxygens (including phenoxy) is 1. The number of fused-ring (bicyclic) bond motifs is 1. The second-order valence-electron chi connectivity index (χ2n) is 2.55. The van der Waals surface area contributed by atoms with Crippen LogP contribution in [0.5, 0.6) is 5.75 Å². The maximum atomic E-state index is 10.4. The zero-order valence-corrected chi connectivity index (χ0v) is 6.36. The van der Waals surface area contributed by atoms with Gasteiger partial charge in [0.1, 0.15) is 18.9 Å². The maximum Gasteiger partial charge on any atom is 0.169 e. The highest BCUT2D eigenvalue weighted by Gasteiger charge is 2.17. The fourth-order valence-corrected chi connectivity index (χ4v) is 1.09. The summed E-state index contributed by atoms with van der Waals surface area (Å²) in [6.45, 7) is 0.377. The number of rotatable bonds is 1. The summed E-state index contributed by atoms with van der Waals surface area (Å²) in [5.74, 6) is 1.34. The standard InChI is InChI=1S/C8H8N2O2/c11-4-6-5-12-7-2-1-3-9-8(7)10-6/h1-4,6H,5H2,(H,9,10). The Labute approximate surface area is 69.6 Å². The molecule has 0 fully saturated rings. The predicted molar refractivity (Wildman–Crippen MR) is 43.2 cm³/mol. The quantitative estimate of drug-likeness (QED) is 0.612. The van der Waals surface area contributed by atoms with Crippen molar-refractivity contribution < 1.29 is 9.53 Å². The molecule has 4 heteroatoms. The molecule has 1 aliphatic rings. The van der Waals surface area contributed by atoms with Crippen LogP contribution in [0.4, 0.5) is 5.82 Å². The molecule has 0 spiro atoms. The number of pyridine rings is 1. The van der Waals surface area contributed by atoms with Gasteiger partial charge >= 0.3 is 0 Å². The van der Waals surface area contributed by atoms with Gasteiger partial charge in [0, 0.05) is 6.20 Å². The summed E-state index contributed by atoms with van der Waals surface area (Å²) in [6.07, 6.45) is 2.47. The SMILES string of the molecule is O=CC1COc2cccnc2N1. The van der Waals surface area contributed by atoms with Gasteiger partial charge in [-0.1, -0.05) is 0 Å². The summed E-state index contributed by atoms with van der Waals surface area (Å²) in [6, 6.07) is 3.34. The van der Waals surface area contributed by atoms with Crippen molar-refractivity contribution in [1.29, 1.82) is 0 Å². The van der Waals surface area contributed by atoms with Crippen LogP contribution in [0.2, 0.25) is 0 Å². The van der Waals surface area contributed by atoms with Gasteiger partial charge in [0.25, 0.3) is 0 Å². The van der Waals surface area contributed by atoms with Crippen LogP contribution in [0.15, 0.2) is 18.3 Å². The van der Waals surface area contributed by atoms with E-state index in [0.717, 1.165) is 6.29 Å². The number of hydrogen-bond acceptors (Lipinski definition) is 4. The first-order chi connectivity index (χ1) is 5.90. The molecule has 0 saturated carbocycles. The summed E-state index contributed by atoms with van der Waals surface area (Å²) < 4.78 is 5.27. The number of anilines is 1. The molecule has 1 N–H and O–H groups in total. The second-order valence-corrected chi connectivity index (χ2v) is 2.55. The van der Waals surface area contributed by atoms with E-state index < -0.39 is 0 Å². The highest BCUT2D eigenvalue weighted by atomic mass is 16.5. The van der Waals surface area contributed by atoms with Crippen LogP contribution in [-0.2, 0) is 4.79 Å². The van der Waals surface area contributed by atoms with E-state index in [1.807, 2.05) is 6.07 Å². The minimum absolute atomic E-state index is 0.271. The smallest absolute Gasteiger partial charge is 0.169 e. The van der Waals surface area contributed by atoms with Gasteiger partial charge in [-0.3, -0.25) is 0 Å². The van der Waals surface area contributed by atoms with Crippen molar-refractivity contribution >= 4 is 12.1 Å². The molecule has 1 aliphatic heterocycles. The zero-order chi connectivity index (χ0) is 8.39. The van der Waals surface area contributed by atoms with Gasteiger partial charge in [0.15, 0.2) is 11.6 Å². The van der Waals surface area contributed by atoms with E-state index in [9.17, 15) is 4.79 Å². The van der Waals surface area contributed by atoms with Gasteiger partial charge in [-0.05, 0) is 12.1 Å². The van der Waals surface area contributed by atoms with Crippen molar-refractivity contribution in [3.8, 4) is 5.75 Å². The van der Waals surface area contributed by atoms with E-state index in [0.29, 0.717) is 18.2 Å². The average Bonchev–Trinajstić information content (AvgIpc) is 2.17. The molecule has 1 unspecified atom stereocenters. The molecule has 4 nitrogen and oxygen atoms in total. The molecule has 0 aliphatic carbocycles. The first-order valence-electron chi connectivity index (χ1n) is 3.70. The lowest BCUT2D eigenvalue weighted by Gasteiger charge is -2.22. The molecule has 2 rings (SSSR count). The Morgan fingerprint density at radius 1 is 1.75 bits per heavy atom. The summed E-state index contributed by atoms with van der Waals surface area (Å²) in [5.41, 5.74) is 0. The molecule has 12 heavy (non-hydrogen) atoms. The Hall–Kier alpha value is -1.58. The van der Waals surface area contributed by atoms with E-state index in [4.69, 9.17) is 4.74 Å². The van der Waals surface area contributed by atoms with Gasteiger partial charge < -0.3 is 14.8 Å². The molecule has 1 atom stereocenters. The second kappa shape index (κ2) is 2.81. The van der Waals surface area contributed by atoms with E-state index in [2.05, 4.69) is 10.3 Å². The normalized spacial score (nSPS) is 20.2. The van der Waals surface area contributed by atoms with Gasteiger partial charge in [0.05, 0.1) is 0 Å². The number of aldehydes is 1. The van der Waals surface area contributed by atoms with Crippen molar-refractivity contribution in [2.45, 2.75) is 6.04 Å². The molecule has 0 aromatic carbocycles. The van der Waals surface area contributed by atoms with Crippen molar-refractivity contribution in [3.63, 3.8) is 0 Å². The fraction of sp³-hybridized carbons (Fsp3) is 0.250. The highest BCUT2D eigenvalue weighted by Crippen LogP contribution is 2.24. The Bertz CT molecular complexity index is 301. The average molecular weight is 164 g/mol. The number of nitrogens with zero attached hydrogens (tertiary/aromatic N) is 1. The van der Waals surface area contributed by atoms with Gasteiger partial charge in [-0.25, -0.2) is 4.98 Å². The molecule has 62 valence electrons. The number of aromatic nitrogens is 1. The highest BCUT2D eigenvalue weighted by molar-refractivity contribution is 5.67. The molecule has 0 saturated heterocycles. The van der Waals surface area contributed by atoms with E-state index in [1.54, 1.807) is 12.3 Å². The Balaban J connectivity index is 2.28. The molecule has 1 aromatic rings. The number of carbonyl (C=O) groups excluding carboxylic acids is 1. The minimum atomic E-state index is -0.271. The van der Waals surface area contributed by atoms with Crippen LogP contribution < -0.4 is 10.1 Å². The van der Waals surface area contributed by atoms with Crippen molar-refractivity contribution in [2.75, 3.05) is 11.9 Å².